The molecule has 0 amide bonds. The van der Waals surface area contributed by atoms with Crippen molar-refractivity contribution in [3.63, 3.8) is 0 Å². The highest BCUT2D eigenvalue weighted by Crippen LogP contribution is 1.23. The Morgan fingerprint density at radius 1 is 1.50 bits per heavy atom. The lowest BCUT2D eigenvalue weighted by atomic mass is 11.6. The van der Waals surface area contributed by atoms with Crippen LogP contribution in [0.2, 0.25) is 0 Å². The van der Waals surface area contributed by atoms with Crippen LogP contribution in [-0.4, -0.2) is 7.05 Å². The molecule has 2 N–H and O–H groups in total. The predicted molar refractivity (Wildman–Crippen MR) is 21.9 cm³/mol. The summed E-state index contributed by atoms with van der Waals surface area (Å²) in [5.41, 5.74) is 4.50. The maximum absolute atomic E-state index is 8.28. The van der Waals surface area contributed by atoms with Gasteiger partial charge in [0.15, 0.2) is 0 Å². The molecule has 4 heavy (non-hydrogen) atoms. The average Bonchev–Trinajstić information content (AvgIpc) is 1.50. The molecule has 0 saturated heterocycles. The van der Waals surface area contributed by atoms with Gasteiger partial charge in [-0.25, -0.2) is 0 Å². The van der Waals surface area contributed by atoms with Crippen molar-refractivity contribution in [3.05, 3.63) is 0 Å². The summed E-state index contributed by atoms with van der Waals surface area (Å²) in [6.07, 6.45) is 0. The highest BCUT2D eigenvalue weighted by atomic mass is 31.0. The van der Waals surface area contributed by atoms with E-state index in [0.29, 0.717) is 9.12 Å². The van der Waals surface area contributed by atoms with Crippen molar-refractivity contribution < 1.29 is 4.57 Å². The first-order valence-electron chi connectivity index (χ1n) is 0.866. The summed E-state index contributed by atoms with van der Waals surface area (Å²) in [6.45, 7) is 0. The molecule has 0 saturated carbocycles. The van der Waals surface area contributed by atoms with Crippen LogP contribution in [0.25, 0.3) is 0 Å². The minimum Gasteiger partial charge on any atom is -0.333 e. The van der Waals surface area contributed by atoms with Crippen molar-refractivity contribution in [3.8, 4) is 0 Å². The van der Waals surface area contributed by atoms with Gasteiger partial charge in [-0.15, -0.1) is 0 Å². The second kappa shape index (κ2) is 424. The van der Waals surface area contributed by atoms with Gasteiger partial charge in [-0.3, -0.25) is 0 Å². The number of nitrogens with two attached hydrogens (primary N) is 1. The maximum Gasteiger partial charge on any atom is 0.0527 e. The first-order chi connectivity index (χ1) is 2.00. The third kappa shape index (κ3) is 85.9. The summed E-state index contributed by atoms with van der Waals surface area (Å²) < 4.78 is 8.28. The van der Waals surface area contributed by atoms with E-state index in [4.69, 9.17) is 4.57 Å². The monoisotopic (exact) mass is 81.0 g/mol. The molecule has 0 aliphatic heterocycles. The Kier molecular flexibility index (Phi) is 942. The van der Waals surface area contributed by atoms with E-state index in [1.54, 1.807) is 0 Å². The van der Waals surface area contributed by atoms with Crippen molar-refractivity contribution in [2.75, 3.05) is 7.05 Å². The van der Waals surface area contributed by atoms with Crippen LogP contribution in [0, 0.1) is 0 Å². The topological polar surface area (TPSA) is 43.1 Å². The van der Waals surface area contributed by atoms with Crippen LogP contribution in [-0.2, 0) is 4.57 Å². The zero-order chi connectivity index (χ0) is 4.00. The van der Waals surface area contributed by atoms with E-state index in [1.165, 1.54) is 7.05 Å². The molecule has 0 spiro atoms. The molecule has 0 bridgehead atoms. The van der Waals surface area contributed by atoms with Crippen LogP contribution in [0.1, 0.15) is 0 Å². The first-order valence-corrected chi connectivity index (χ1v) is 1.44. The van der Waals surface area contributed by atoms with E-state index < -0.39 is 0 Å². The summed E-state index contributed by atoms with van der Waals surface area (Å²) >= 11 is 0. The van der Waals surface area contributed by atoms with E-state index in [9.17, 15) is 0 Å². The second-order valence-electron chi connectivity index (χ2n) is 0. The SMILES string of the molecule is CN.O=[PH3]. The van der Waals surface area contributed by atoms with E-state index in [1.807, 2.05) is 0 Å². The molecular weight excluding hydrogens is 73.0 g/mol. The number of hydrogen-bond donors (Lipinski definition) is 1. The second-order valence-corrected chi connectivity index (χ2v) is 0. The van der Waals surface area contributed by atoms with E-state index >= 15 is 0 Å². The molecule has 0 aromatic rings. The molecule has 0 aromatic heterocycles. The van der Waals surface area contributed by atoms with Crippen LogP contribution < -0.4 is 5.73 Å². The fourth-order valence-corrected chi connectivity index (χ4v) is 0. The molecule has 1 atom stereocenters. The lowest BCUT2D eigenvalue weighted by molar-refractivity contribution is 0.607. The molecule has 28 valence electrons. The number of hydrogen-bond acceptors (Lipinski definition) is 2. The third-order valence-electron chi connectivity index (χ3n) is 0. The quantitative estimate of drug-likeness (QED) is 0.400. The molecule has 0 aliphatic carbocycles. The van der Waals surface area contributed by atoms with Gasteiger partial charge in [0.2, 0.25) is 0 Å². The van der Waals surface area contributed by atoms with Crippen LogP contribution in [0.3, 0.4) is 0 Å². The minimum absolute atomic E-state index is 0.611. The molecule has 0 aromatic carbocycles. The molecular formula is CH8NOP. The zero-order valence-corrected chi connectivity index (χ0v) is 4.11. The van der Waals surface area contributed by atoms with Crippen molar-refractivity contribution in [1.29, 1.82) is 0 Å². The van der Waals surface area contributed by atoms with E-state index in [2.05, 4.69) is 5.73 Å². The molecule has 0 fully saturated rings. The summed E-state index contributed by atoms with van der Waals surface area (Å²) in [4.78, 5) is 0. The van der Waals surface area contributed by atoms with Gasteiger partial charge >= 0.3 is 0 Å². The van der Waals surface area contributed by atoms with E-state index in [-0.39, 0.29) is 0 Å². The van der Waals surface area contributed by atoms with Gasteiger partial charge < -0.3 is 10.3 Å². The third-order valence-corrected chi connectivity index (χ3v) is 0. The van der Waals surface area contributed by atoms with Crippen molar-refractivity contribution in [1.82, 2.24) is 0 Å². The van der Waals surface area contributed by atoms with Crippen LogP contribution >= 0.6 is 9.12 Å². The Morgan fingerprint density at radius 3 is 1.50 bits per heavy atom. The van der Waals surface area contributed by atoms with Crippen molar-refractivity contribution in [2.24, 2.45) is 5.73 Å². The molecule has 1 unspecified atom stereocenters. The highest BCUT2D eigenvalue weighted by molar-refractivity contribution is 7.00. The Hall–Kier alpha value is 0.190. The smallest absolute Gasteiger partial charge is 0.0527 e. The molecule has 2 nitrogen and oxygen atoms in total. The Bertz CT molecular complexity index is 8.00. The van der Waals surface area contributed by atoms with Gasteiger partial charge in [-0.1, -0.05) is 0 Å². The van der Waals surface area contributed by atoms with Crippen molar-refractivity contribution >= 4 is 9.12 Å². The van der Waals surface area contributed by atoms with Gasteiger partial charge in [0.1, 0.15) is 0 Å². The average molecular weight is 81.1 g/mol. The molecule has 0 rings (SSSR count). The molecule has 3 heteroatoms. The first kappa shape index (κ1) is 8.89. The summed E-state index contributed by atoms with van der Waals surface area (Å²) in [6, 6.07) is 0. The molecule has 0 radical (unpaired) electrons. The van der Waals surface area contributed by atoms with E-state index in [0.717, 1.165) is 0 Å². The Labute approximate surface area is 27.6 Å². The summed E-state index contributed by atoms with van der Waals surface area (Å²) in [7, 11) is 2.11. The number of rotatable bonds is 0. The minimum atomic E-state index is 0.611. The Balaban J connectivity index is 0. The van der Waals surface area contributed by atoms with Crippen LogP contribution in [0.15, 0.2) is 0 Å². The largest absolute Gasteiger partial charge is 0.333 e. The summed E-state index contributed by atoms with van der Waals surface area (Å²) in [5, 5.41) is 0. The summed E-state index contributed by atoms with van der Waals surface area (Å²) in [5.74, 6) is 0. The predicted octanol–water partition coefficient (Wildman–Crippen LogP) is -0.486. The normalized spacial score (nSPS) is 3.50. The fraction of sp³-hybridized carbons (Fsp3) is 1.00. The van der Waals surface area contributed by atoms with Gasteiger partial charge in [-0.2, -0.15) is 0 Å². The highest BCUT2D eigenvalue weighted by Gasteiger charge is 0.836. The van der Waals surface area contributed by atoms with Crippen LogP contribution in [0.5, 0.6) is 0 Å². The van der Waals surface area contributed by atoms with Gasteiger partial charge in [0, 0.05) is 0 Å². The lowest BCUT2D eigenvalue weighted by Gasteiger charge is -1.19. The van der Waals surface area contributed by atoms with Crippen LogP contribution in [0.4, 0.5) is 0 Å². The lowest BCUT2D eigenvalue weighted by Crippen LogP contribution is -1.69. The van der Waals surface area contributed by atoms with Gasteiger partial charge in [0.25, 0.3) is 0 Å². The standard InChI is InChI=1S/CH5N.H3OP/c2*1-2/h2H2,1H3;2H3. The molecule has 0 heterocycles. The fourth-order valence-electron chi connectivity index (χ4n) is 0. The van der Waals surface area contributed by atoms with Crippen molar-refractivity contribution in [2.45, 2.75) is 0 Å². The molecule has 0 aliphatic rings. The van der Waals surface area contributed by atoms with Gasteiger partial charge in [-0.05, 0) is 7.05 Å². The van der Waals surface area contributed by atoms with Gasteiger partial charge in [0.05, 0.1) is 9.12 Å². The zero-order valence-electron chi connectivity index (χ0n) is 2.69. The Morgan fingerprint density at radius 2 is 1.50 bits per heavy atom. The maximum atomic E-state index is 8.28.